The summed E-state index contributed by atoms with van der Waals surface area (Å²) in [5.41, 5.74) is 3.49. The number of hydrogen-bond donors (Lipinski definition) is 3. The van der Waals surface area contributed by atoms with Gasteiger partial charge in [-0.05, 0) is 31.2 Å². The number of aromatic nitrogens is 2. The number of fused-ring (bicyclic) bond motifs is 3. The fourth-order valence-corrected chi connectivity index (χ4v) is 3.49. The smallest absolute Gasteiger partial charge is 0.261 e. The molecule has 5 nitrogen and oxygen atoms in total. The second-order valence-corrected chi connectivity index (χ2v) is 5.03. The summed E-state index contributed by atoms with van der Waals surface area (Å²) in [7, 11) is 0. The van der Waals surface area contributed by atoms with Crippen LogP contribution in [0.5, 0.6) is 0 Å². The van der Waals surface area contributed by atoms with Crippen molar-refractivity contribution in [3.63, 3.8) is 0 Å². The first-order chi connectivity index (χ1) is 7.79. The van der Waals surface area contributed by atoms with Gasteiger partial charge in [-0.3, -0.25) is 15.2 Å². The first-order valence-electron chi connectivity index (χ1n) is 5.31. The molecule has 0 aromatic carbocycles. The molecule has 2 heterocycles. The largest absolute Gasteiger partial charge is 0.294 e. The lowest BCUT2D eigenvalue weighted by atomic mass is 9.97. The number of H-pyrrole nitrogens is 1. The van der Waals surface area contributed by atoms with Gasteiger partial charge in [-0.2, -0.15) is 0 Å². The lowest BCUT2D eigenvalue weighted by Gasteiger charge is -2.09. The number of anilines is 1. The summed E-state index contributed by atoms with van der Waals surface area (Å²) in [5.74, 6) is 5.58. The number of hydrogen-bond acceptors (Lipinski definition) is 5. The van der Waals surface area contributed by atoms with Crippen LogP contribution in [0.15, 0.2) is 4.79 Å². The molecule has 16 heavy (non-hydrogen) atoms. The average Bonchev–Trinajstić information content (AvgIpc) is 2.67. The SMILES string of the molecule is NNc1nc2sc3c(c2c(=O)[nH]1)CCCC3. The van der Waals surface area contributed by atoms with Crippen LogP contribution in [0.1, 0.15) is 23.3 Å². The highest BCUT2D eigenvalue weighted by molar-refractivity contribution is 7.18. The molecular formula is C10H12N4OS. The summed E-state index contributed by atoms with van der Waals surface area (Å²) >= 11 is 1.62. The van der Waals surface area contributed by atoms with E-state index in [2.05, 4.69) is 15.4 Å². The quantitative estimate of drug-likeness (QED) is 0.512. The topological polar surface area (TPSA) is 83.8 Å². The molecule has 2 aromatic heterocycles. The van der Waals surface area contributed by atoms with Gasteiger partial charge in [-0.15, -0.1) is 11.3 Å². The van der Waals surface area contributed by atoms with E-state index in [4.69, 9.17) is 5.84 Å². The molecule has 0 radical (unpaired) electrons. The molecule has 0 spiro atoms. The van der Waals surface area contributed by atoms with Crippen LogP contribution in [0.2, 0.25) is 0 Å². The maximum Gasteiger partial charge on any atom is 0.261 e. The summed E-state index contributed by atoms with van der Waals surface area (Å²) in [6, 6.07) is 0. The molecule has 0 amide bonds. The molecule has 84 valence electrons. The zero-order valence-corrected chi connectivity index (χ0v) is 9.49. The molecule has 0 aliphatic heterocycles. The normalized spacial score (nSPS) is 15.1. The van der Waals surface area contributed by atoms with Crippen LogP contribution in [0.4, 0.5) is 5.95 Å². The van der Waals surface area contributed by atoms with Gasteiger partial charge in [0.15, 0.2) is 0 Å². The van der Waals surface area contributed by atoms with Crippen LogP contribution in [0.3, 0.4) is 0 Å². The van der Waals surface area contributed by atoms with Crippen molar-refractivity contribution in [3.8, 4) is 0 Å². The van der Waals surface area contributed by atoms with Gasteiger partial charge in [0.25, 0.3) is 5.56 Å². The molecule has 0 atom stereocenters. The number of nitrogens with zero attached hydrogens (tertiary/aromatic N) is 1. The van der Waals surface area contributed by atoms with E-state index in [1.807, 2.05) is 0 Å². The molecule has 0 saturated heterocycles. The Kier molecular flexibility index (Phi) is 2.19. The minimum atomic E-state index is -0.0858. The lowest BCUT2D eigenvalue weighted by molar-refractivity contribution is 0.700. The Morgan fingerprint density at radius 3 is 3.00 bits per heavy atom. The van der Waals surface area contributed by atoms with Gasteiger partial charge in [0, 0.05) is 4.88 Å². The fraction of sp³-hybridized carbons (Fsp3) is 0.400. The third kappa shape index (κ3) is 1.34. The van der Waals surface area contributed by atoms with Gasteiger partial charge >= 0.3 is 0 Å². The Morgan fingerprint density at radius 2 is 2.19 bits per heavy atom. The second kappa shape index (κ2) is 3.57. The van der Waals surface area contributed by atoms with Crippen LogP contribution < -0.4 is 16.8 Å². The van der Waals surface area contributed by atoms with Crippen molar-refractivity contribution in [1.29, 1.82) is 0 Å². The van der Waals surface area contributed by atoms with E-state index in [0.717, 1.165) is 29.5 Å². The highest BCUT2D eigenvalue weighted by Gasteiger charge is 2.19. The number of nitrogen functional groups attached to an aromatic ring is 1. The average molecular weight is 236 g/mol. The Labute approximate surface area is 95.7 Å². The minimum absolute atomic E-state index is 0.0858. The van der Waals surface area contributed by atoms with Crippen molar-refractivity contribution in [3.05, 3.63) is 20.8 Å². The van der Waals surface area contributed by atoms with E-state index in [0.29, 0.717) is 5.95 Å². The van der Waals surface area contributed by atoms with Crippen molar-refractivity contribution in [2.24, 2.45) is 5.84 Å². The van der Waals surface area contributed by atoms with Gasteiger partial charge in [-0.1, -0.05) is 0 Å². The number of thiophene rings is 1. The Balaban J connectivity index is 2.34. The van der Waals surface area contributed by atoms with E-state index < -0.39 is 0 Å². The molecule has 0 bridgehead atoms. The van der Waals surface area contributed by atoms with Crippen molar-refractivity contribution >= 4 is 27.5 Å². The van der Waals surface area contributed by atoms with E-state index in [1.54, 1.807) is 11.3 Å². The highest BCUT2D eigenvalue weighted by atomic mass is 32.1. The molecule has 0 fully saturated rings. The second-order valence-electron chi connectivity index (χ2n) is 3.95. The van der Waals surface area contributed by atoms with Crippen LogP contribution >= 0.6 is 11.3 Å². The molecule has 1 aliphatic rings. The standard InChI is InChI=1S/C10H12N4OS/c11-14-10-12-8(15)7-5-3-1-2-4-6(5)16-9(7)13-10/h1-4,11H2,(H2,12,13,14,15). The minimum Gasteiger partial charge on any atom is -0.294 e. The number of rotatable bonds is 1. The summed E-state index contributed by atoms with van der Waals surface area (Å²) < 4.78 is 0. The van der Waals surface area contributed by atoms with Crippen molar-refractivity contribution in [2.75, 3.05) is 5.43 Å². The molecule has 2 aromatic rings. The number of nitrogens with two attached hydrogens (primary N) is 1. The predicted molar refractivity (Wildman–Crippen MR) is 64.7 cm³/mol. The maximum absolute atomic E-state index is 11.9. The monoisotopic (exact) mass is 236 g/mol. The molecule has 6 heteroatoms. The van der Waals surface area contributed by atoms with E-state index in [1.165, 1.54) is 16.9 Å². The Hall–Kier alpha value is -1.40. The molecule has 3 rings (SSSR count). The summed E-state index contributed by atoms with van der Waals surface area (Å²) in [5, 5.41) is 0.763. The highest BCUT2D eigenvalue weighted by Crippen LogP contribution is 2.33. The number of nitrogens with one attached hydrogen (secondary N) is 2. The maximum atomic E-state index is 11.9. The zero-order chi connectivity index (χ0) is 11.1. The van der Waals surface area contributed by atoms with Crippen LogP contribution in [0.25, 0.3) is 10.2 Å². The third-order valence-corrected chi connectivity index (χ3v) is 4.15. The summed E-state index contributed by atoms with van der Waals surface area (Å²) in [6.07, 6.45) is 4.44. The molecule has 1 aliphatic carbocycles. The zero-order valence-electron chi connectivity index (χ0n) is 8.67. The molecule has 0 unspecified atom stereocenters. The van der Waals surface area contributed by atoms with Crippen LogP contribution in [-0.2, 0) is 12.8 Å². The van der Waals surface area contributed by atoms with Gasteiger partial charge in [0.2, 0.25) is 5.95 Å². The molecule has 0 saturated carbocycles. The van der Waals surface area contributed by atoms with Gasteiger partial charge in [0.1, 0.15) is 4.83 Å². The van der Waals surface area contributed by atoms with Crippen molar-refractivity contribution < 1.29 is 0 Å². The first kappa shape index (κ1) is 9.80. The Morgan fingerprint density at radius 1 is 1.38 bits per heavy atom. The van der Waals surface area contributed by atoms with E-state index >= 15 is 0 Å². The number of aromatic amines is 1. The van der Waals surface area contributed by atoms with Crippen molar-refractivity contribution in [2.45, 2.75) is 25.7 Å². The summed E-state index contributed by atoms with van der Waals surface area (Å²) in [6.45, 7) is 0. The van der Waals surface area contributed by atoms with E-state index in [9.17, 15) is 4.79 Å². The predicted octanol–water partition coefficient (Wildman–Crippen LogP) is 1.15. The van der Waals surface area contributed by atoms with Gasteiger partial charge in [0.05, 0.1) is 5.39 Å². The van der Waals surface area contributed by atoms with Gasteiger partial charge < -0.3 is 0 Å². The molecule has 4 N–H and O–H groups in total. The Bertz CT molecular complexity index is 601. The number of hydrazine groups is 1. The van der Waals surface area contributed by atoms with Crippen LogP contribution in [0, 0.1) is 0 Å². The van der Waals surface area contributed by atoms with Gasteiger partial charge in [-0.25, -0.2) is 10.8 Å². The van der Waals surface area contributed by atoms with Crippen molar-refractivity contribution in [1.82, 2.24) is 9.97 Å². The number of aryl methyl sites for hydroxylation is 2. The lowest BCUT2D eigenvalue weighted by Crippen LogP contribution is -2.17. The fourth-order valence-electron chi connectivity index (χ4n) is 2.23. The first-order valence-corrected chi connectivity index (χ1v) is 6.12. The molecular weight excluding hydrogens is 224 g/mol. The summed E-state index contributed by atoms with van der Waals surface area (Å²) in [4.78, 5) is 20.9. The third-order valence-electron chi connectivity index (χ3n) is 2.96. The van der Waals surface area contributed by atoms with E-state index in [-0.39, 0.29) is 5.56 Å². The van der Waals surface area contributed by atoms with Crippen LogP contribution in [-0.4, -0.2) is 9.97 Å².